The van der Waals surface area contributed by atoms with Crippen molar-refractivity contribution in [1.29, 1.82) is 0 Å². The lowest BCUT2D eigenvalue weighted by atomic mass is 10.1. The summed E-state index contributed by atoms with van der Waals surface area (Å²) in [5.74, 6) is -1.71. The lowest BCUT2D eigenvalue weighted by molar-refractivity contribution is -0.137. The number of nitrogens with zero attached hydrogens (tertiary/aromatic N) is 2. The predicted molar refractivity (Wildman–Crippen MR) is 98.2 cm³/mol. The Balaban J connectivity index is 1.99. The summed E-state index contributed by atoms with van der Waals surface area (Å²) in [4.78, 5) is 49.1. The Labute approximate surface area is 155 Å². The van der Waals surface area contributed by atoms with Crippen molar-refractivity contribution in [2.75, 3.05) is 20.2 Å². The van der Waals surface area contributed by atoms with Crippen molar-refractivity contribution in [2.45, 2.75) is 26.3 Å². The molecule has 144 valence electrons. The quantitative estimate of drug-likeness (QED) is 0.733. The molecule has 0 saturated carbocycles. The minimum absolute atomic E-state index is 0.0915. The second kappa shape index (κ2) is 7.98. The van der Waals surface area contributed by atoms with Gasteiger partial charge in [-0.15, -0.1) is 0 Å². The SMILES string of the molecule is CN(CC(=O)NC(C)(C)C)C(=O)COC(=O)c1n[nH]c(=O)c2ccccc12. The van der Waals surface area contributed by atoms with Gasteiger partial charge in [0.1, 0.15) is 0 Å². The van der Waals surface area contributed by atoms with Gasteiger partial charge in [-0.1, -0.05) is 18.2 Å². The standard InChI is InChI=1S/C18H22N4O5/c1-18(2,3)19-13(23)9-22(4)14(24)10-27-17(26)15-11-7-5-6-8-12(11)16(25)21-20-15/h5-8H,9-10H2,1-4H3,(H,19,23)(H,21,25). The number of amides is 2. The van der Waals surface area contributed by atoms with Gasteiger partial charge < -0.3 is 15.0 Å². The van der Waals surface area contributed by atoms with Crippen LogP contribution in [0, 0.1) is 0 Å². The summed E-state index contributed by atoms with van der Waals surface area (Å²) in [6.45, 7) is 4.78. The Kier molecular flexibility index (Phi) is 5.94. The predicted octanol–water partition coefficient (Wildman–Crippen LogP) is 0.453. The Bertz CT molecular complexity index is 929. The summed E-state index contributed by atoms with van der Waals surface area (Å²) in [5, 5.41) is 9.30. The van der Waals surface area contributed by atoms with Crippen molar-refractivity contribution >= 4 is 28.6 Å². The highest BCUT2D eigenvalue weighted by molar-refractivity contribution is 6.02. The van der Waals surface area contributed by atoms with Crippen LogP contribution >= 0.6 is 0 Å². The number of H-pyrrole nitrogens is 1. The van der Waals surface area contributed by atoms with Gasteiger partial charge in [0.25, 0.3) is 11.5 Å². The molecule has 1 aromatic carbocycles. The molecule has 1 aromatic heterocycles. The van der Waals surface area contributed by atoms with Gasteiger partial charge in [0.15, 0.2) is 12.3 Å². The topological polar surface area (TPSA) is 121 Å². The van der Waals surface area contributed by atoms with Crippen LogP contribution in [0.4, 0.5) is 0 Å². The van der Waals surface area contributed by atoms with E-state index in [9.17, 15) is 19.2 Å². The Morgan fingerprint density at radius 2 is 1.81 bits per heavy atom. The average molecular weight is 374 g/mol. The van der Waals surface area contributed by atoms with Gasteiger partial charge >= 0.3 is 5.97 Å². The van der Waals surface area contributed by atoms with Crippen LogP contribution in [0.25, 0.3) is 10.8 Å². The maximum Gasteiger partial charge on any atom is 0.359 e. The smallest absolute Gasteiger partial charge is 0.359 e. The van der Waals surface area contributed by atoms with Crippen molar-refractivity contribution in [2.24, 2.45) is 0 Å². The maximum atomic E-state index is 12.3. The number of esters is 1. The number of aromatic nitrogens is 2. The zero-order chi connectivity index (χ0) is 20.2. The van der Waals surface area contributed by atoms with E-state index in [2.05, 4.69) is 15.5 Å². The van der Waals surface area contributed by atoms with Crippen LogP contribution in [-0.4, -0.2) is 58.6 Å². The van der Waals surface area contributed by atoms with Gasteiger partial charge in [-0.2, -0.15) is 5.10 Å². The van der Waals surface area contributed by atoms with E-state index in [1.165, 1.54) is 7.05 Å². The minimum Gasteiger partial charge on any atom is -0.451 e. The molecule has 0 unspecified atom stereocenters. The summed E-state index contributed by atoms with van der Waals surface area (Å²) in [7, 11) is 1.44. The van der Waals surface area contributed by atoms with E-state index in [1.807, 2.05) is 20.8 Å². The molecule has 0 bridgehead atoms. The molecule has 0 atom stereocenters. The first-order valence-corrected chi connectivity index (χ1v) is 8.28. The average Bonchev–Trinajstić information content (AvgIpc) is 2.58. The highest BCUT2D eigenvalue weighted by Crippen LogP contribution is 2.13. The highest BCUT2D eigenvalue weighted by Gasteiger charge is 2.20. The molecular weight excluding hydrogens is 352 g/mol. The van der Waals surface area contributed by atoms with Gasteiger partial charge in [-0.05, 0) is 26.8 Å². The molecule has 2 rings (SSSR count). The van der Waals surface area contributed by atoms with Crippen molar-refractivity contribution in [3.8, 4) is 0 Å². The molecule has 2 aromatic rings. The van der Waals surface area contributed by atoms with Crippen LogP contribution in [0.1, 0.15) is 31.3 Å². The van der Waals surface area contributed by atoms with Crippen LogP contribution in [-0.2, 0) is 14.3 Å². The number of fused-ring (bicyclic) bond motifs is 1. The Hall–Kier alpha value is -3.23. The van der Waals surface area contributed by atoms with Crippen molar-refractivity contribution in [3.63, 3.8) is 0 Å². The number of carbonyl (C=O) groups excluding carboxylic acids is 3. The zero-order valence-corrected chi connectivity index (χ0v) is 15.7. The van der Waals surface area contributed by atoms with E-state index in [0.29, 0.717) is 10.8 Å². The first-order chi connectivity index (χ1) is 12.6. The molecule has 0 spiro atoms. The van der Waals surface area contributed by atoms with Crippen LogP contribution < -0.4 is 10.9 Å². The second-order valence-corrected chi connectivity index (χ2v) is 7.07. The van der Waals surface area contributed by atoms with Gasteiger partial charge in [-0.3, -0.25) is 14.4 Å². The van der Waals surface area contributed by atoms with E-state index in [1.54, 1.807) is 24.3 Å². The second-order valence-electron chi connectivity index (χ2n) is 7.07. The van der Waals surface area contributed by atoms with Gasteiger partial charge in [0, 0.05) is 18.0 Å². The Morgan fingerprint density at radius 1 is 1.19 bits per heavy atom. The monoisotopic (exact) mass is 374 g/mol. The summed E-state index contributed by atoms with van der Waals surface area (Å²) >= 11 is 0. The normalized spacial score (nSPS) is 11.1. The highest BCUT2D eigenvalue weighted by atomic mass is 16.5. The molecule has 0 saturated heterocycles. The number of nitrogens with one attached hydrogen (secondary N) is 2. The van der Waals surface area contributed by atoms with E-state index < -0.39 is 29.6 Å². The first kappa shape index (κ1) is 20.1. The van der Waals surface area contributed by atoms with Gasteiger partial charge in [-0.25, -0.2) is 9.89 Å². The first-order valence-electron chi connectivity index (χ1n) is 8.28. The number of hydrogen-bond acceptors (Lipinski definition) is 6. The number of rotatable bonds is 5. The lowest BCUT2D eigenvalue weighted by Crippen LogP contribution is -2.46. The van der Waals surface area contributed by atoms with E-state index in [0.717, 1.165) is 4.90 Å². The molecule has 0 aliphatic heterocycles. The third kappa shape index (κ3) is 5.37. The Morgan fingerprint density at radius 3 is 2.44 bits per heavy atom. The summed E-state index contributed by atoms with van der Waals surface area (Å²) in [6, 6.07) is 6.44. The fourth-order valence-corrected chi connectivity index (χ4v) is 2.34. The maximum absolute atomic E-state index is 12.3. The molecular formula is C18H22N4O5. The number of benzene rings is 1. The summed E-state index contributed by atoms with van der Waals surface area (Å²) in [5.41, 5.74) is -0.932. The third-order valence-corrected chi connectivity index (χ3v) is 3.54. The van der Waals surface area contributed by atoms with E-state index in [4.69, 9.17) is 4.74 Å². The number of hydrogen-bond donors (Lipinski definition) is 2. The van der Waals surface area contributed by atoms with Crippen molar-refractivity contribution < 1.29 is 19.1 Å². The van der Waals surface area contributed by atoms with Crippen LogP contribution in [0.2, 0.25) is 0 Å². The zero-order valence-electron chi connectivity index (χ0n) is 15.7. The van der Waals surface area contributed by atoms with Crippen LogP contribution in [0.15, 0.2) is 29.1 Å². The fourth-order valence-electron chi connectivity index (χ4n) is 2.34. The molecule has 27 heavy (non-hydrogen) atoms. The fraction of sp³-hybridized carbons (Fsp3) is 0.389. The molecule has 1 heterocycles. The van der Waals surface area contributed by atoms with Crippen molar-refractivity contribution in [3.05, 3.63) is 40.3 Å². The molecule has 9 heteroatoms. The molecule has 2 N–H and O–H groups in total. The van der Waals surface area contributed by atoms with Gasteiger partial charge in [0.05, 0.1) is 11.9 Å². The molecule has 0 fully saturated rings. The van der Waals surface area contributed by atoms with E-state index in [-0.39, 0.29) is 18.1 Å². The van der Waals surface area contributed by atoms with Crippen LogP contribution in [0.3, 0.4) is 0 Å². The number of ether oxygens (including phenoxy) is 1. The molecule has 0 aliphatic rings. The molecule has 0 radical (unpaired) electrons. The number of carbonyl (C=O) groups is 3. The molecule has 2 amide bonds. The number of likely N-dealkylation sites (N-methyl/N-ethyl adjacent to an activating group) is 1. The largest absolute Gasteiger partial charge is 0.451 e. The van der Waals surface area contributed by atoms with Gasteiger partial charge in [0.2, 0.25) is 5.91 Å². The summed E-state index contributed by atoms with van der Waals surface area (Å²) < 4.78 is 5.00. The third-order valence-electron chi connectivity index (χ3n) is 3.54. The van der Waals surface area contributed by atoms with Crippen LogP contribution in [0.5, 0.6) is 0 Å². The minimum atomic E-state index is -0.844. The lowest BCUT2D eigenvalue weighted by Gasteiger charge is -2.23. The number of aromatic amines is 1. The van der Waals surface area contributed by atoms with Crippen molar-refractivity contribution in [1.82, 2.24) is 20.4 Å². The molecule has 9 nitrogen and oxygen atoms in total. The molecule has 0 aliphatic carbocycles. The van der Waals surface area contributed by atoms with E-state index >= 15 is 0 Å². The summed E-state index contributed by atoms with van der Waals surface area (Å²) in [6.07, 6.45) is 0.